The third-order valence-electron chi connectivity index (χ3n) is 1.91. The van der Waals surface area contributed by atoms with Gasteiger partial charge >= 0.3 is 0 Å². The van der Waals surface area contributed by atoms with Crippen LogP contribution in [0.5, 0.6) is 0 Å². The molecule has 2 aromatic heterocycles. The van der Waals surface area contributed by atoms with Crippen LogP contribution in [0.2, 0.25) is 0 Å². The molecule has 0 aliphatic carbocycles. The Kier molecular flexibility index (Phi) is 2.48. The van der Waals surface area contributed by atoms with E-state index in [0.29, 0.717) is 6.54 Å². The maximum absolute atomic E-state index is 5.36. The Morgan fingerprint density at radius 2 is 2.36 bits per heavy atom. The second kappa shape index (κ2) is 3.95. The molecule has 0 aliphatic heterocycles. The van der Waals surface area contributed by atoms with Gasteiger partial charge in [0, 0.05) is 25.4 Å². The van der Waals surface area contributed by atoms with Crippen molar-refractivity contribution in [3.63, 3.8) is 0 Å². The average molecular weight is 185 g/mol. The summed E-state index contributed by atoms with van der Waals surface area (Å²) in [5.41, 5.74) is 7.24. The average Bonchev–Trinajstić information content (AvgIpc) is 2.67. The Labute approximate surface area is 82.6 Å². The van der Waals surface area contributed by atoms with Gasteiger partial charge in [0.2, 0.25) is 0 Å². The quantitative estimate of drug-likeness (QED) is 0.674. The van der Waals surface area contributed by atoms with Gasteiger partial charge in [-0.1, -0.05) is 12.0 Å². The van der Waals surface area contributed by atoms with Gasteiger partial charge in [0.1, 0.15) is 5.65 Å². The standard InChI is InChI=1S/C11H11N3/c12-7-2-1-4-10-5-3-6-11-13-8-9-14(10)11/h3,5-6,8-9H,2,7,12H2. The summed E-state index contributed by atoms with van der Waals surface area (Å²) in [5, 5.41) is 0. The van der Waals surface area contributed by atoms with Crippen LogP contribution < -0.4 is 5.73 Å². The lowest BCUT2D eigenvalue weighted by molar-refractivity contribution is 1.03. The summed E-state index contributed by atoms with van der Waals surface area (Å²) < 4.78 is 1.96. The molecule has 14 heavy (non-hydrogen) atoms. The number of fused-ring (bicyclic) bond motifs is 1. The molecule has 0 unspecified atom stereocenters. The van der Waals surface area contributed by atoms with Gasteiger partial charge in [0.15, 0.2) is 0 Å². The second-order valence-electron chi connectivity index (χ2n) is 2.91. The van der Waals surface area contributed by atoms with Crippen LogP contribution in [0.25, 0.3) is 5.65 Å². The van der Waals surface area contributed by atoms with Crippen molar-refractivity contribution < 1.29 is 0 Å². The summed E-state index contributed by atoms with van der Waals surface area (Å²) in [6, 6.07) is 5.88. The molecule has 3 nitrogen and oxygen atoms in total. The van der Waals surface area contributed by atoms with Gasteiger partial charge in [-0.15, -0.1) is 0 Å². The Morgan fingerprint density at radius 1 is 1.43 bits per heavy atom. The highest BCUT2D eigenvalue weighted by molar-refractivity contribution is 5.44. The molecule has 3 heteroatoms. The maximum atomic E-state index is 5.36. The Bertz CT molecular complexity index is 488. The fourth-order valence-corrected chi connectivity index (χ4v) is 1.27. The topological polar surface area (TPSA) is 43.3 Å². The van der Waals surface area contributed by atoms with Gasteiger partial charge in [-0.25, -0.2) is 4.98 Å². The Balaban J connectivity index is 2.43. The van der Waals surface area contributed by atoms with E-state index in [0.717, 1.165) is 17.8 Å². The number of rotatable bonds is 1. The van der Waals surface area contributed by atoms with Crippen LogP contribution in [-0.2, 0) is 0 Å². The lowest BCUT2D eigenvalue weighted by Gasteiger charge is -1.95. The summed E-state index contributed by atoms with van der Waals surface area (Å²) in [6.45, 7) is 0.604. The molecule has 0 aromatic carbocycles. The highest BCUT2D eigenvalue weighted by atomic mass is 15.0. The van der Waals surface area contributed by atoms with E-state index in [1.807, 2.05) is 28.8 Å². The second-order valence-corrected chi connectivity index (χ2v) is 2.91. The molecule has 0 atom stereocenters. The molecule has 0 saturated heterocycles. The van der Waals surface area contributed by atoms with Crippen LogP contribution in [0.4, 0.5) is 0 Å². The predicted octanol–water partition coefficient (Wildman–Crippen LogP) is 1.03. The summed E-state index contributed by atoms with van der Waals surface area (Å²) >= 11 is 0. The SMILES string of the molecule is NCCC#Cc1cccc2nccn12. The van der Waals surface area contributed by atoms with E-state index in [4.69, 9.17) is 5.73 Å². The first-order chi connectivity index (χ1) is 6.92. The van der Waals surface area contributed by atoms with Gasteiger partial charge < -0.3 is 5.73 Å². The van der Waals surface area contributed by atoms with E-state index >= 15 is 0 Å². The van der Waals surface area contributed by atoms with Gasteiger partial charge in [-0.2, -0.15) is 0 Å². The van der Waals surface area contributed by atoms with E-state index in [1.165, 1.54) is 0 Å². The van der Waals surface area contributed by atoms with E-state index in [-0.39, 0.29) is 0 Å². The van der Waals surface area contributed by atoms with Gasteiger partial charge in [-0.05, 0) is 18.1 Å². The normalized spacial score (nSPS) is 9.79. The Morgan fingerprint density at radius 3 is 3.21 bits per heavy atom. The van der Waals surface area contributed by atoms with E-state index in [1.54, 1.807) is 6.20 Å². The largest absolute Gasteiger partial charge is 0.330 e. The zero-order valence-electron chi connectivity index (χ0n) is 7.77. The number of pyridine rings is 1. The first kappa shape index (κ1) is 8.79. The van der Waals surface area contributed by atoms with Crippen molar-refractivity contribution in [2.24, 2.45) is 5.73 Å². The molecule has 0 radical (unpaired) electrons. The molecule has 0 saturated carbocycles. The van der Waals surface area contributed by atoms with Crippen molar-refractivity contribution in [1.29, 1.82) is 0 Å². The molecular formula is C11H11N3. The fraction of sp³-hybridized carbons (Fsp3) is 0.182. The molecular weight excluding hydrogens is 174 g/mol. The lowest BCUT2D eigenvalue weighted by Crippen LogP contribution is -1.96. The molecule has 2 rings (SSSR count). The minimum Gasteiger partial charge on any atom is -0.330 e. The van der Waals surface area contributed by atoms with Gasteiger partial charge in [0.05, 0.1) is 5.69 Å². The van der Waals surface area contributed by atoms with Crippen LogP contribution >= 0.6 is 0 Å². The molecule has 2 aromatic rings. The molecule has 0 spiro atoms. The highest BCUT2D eigenvalue weighted by Gasteiger charge is 1.95. The van der Waals surface area contributed by atoms with Gasteiger partial charge in [0.25, 0.3) is 0 Å². The van der Waals surface area contributed by atoms with Crippen molar-refractivity contribution >= 4 is 5.65 Å². The zero-order valence-corrected chi connectivity index (χ0v) is 7.77. The molecule has 0 bridgehead atoms. The van der Waals surface area contributed by atoms with Crippen molar-refractivity contribution in [3.05, 3.63) is 36.3 Å². The number of nitrogens with zero attached hydrogens (tertiary/aromatic N) is 2. The summed E-state index contributed by atoms with van der Waals surface area (Å²) in [5.74, 6) is 6.08. The van der Waals surface area contributed by atoms with Crippen molar-refractivity contribution in [2.45, 2.75) is 6.42 Å². The predicted molar refractivity (Wildman–Crippen MR) is 55.7 cm³/mol. The number of hydrogen-bond acceptors (Lipinski definition) is 2. The molecule has 2 heterocycles. The van der Waals surface area contributed by atoms with Crippen molar-refractivity contribution in [2.75, 3.05) is 6.54 Å². The van der Waals surface area contributed by atoms with Gasteiger partial charge in [-0.3, -0.25) is 4.40 Å². The minimum absolute atomic E-state index is 0.604. The summed E-state index contributed by atoms with van der Waals surface area (Å²) in [7, 11) is 0. The molecule has 0 aliphatic rings. The van der Waals surface area contributed by atoms with E-state index in [9.17, 15) is 0 Å². The third kappa shape index (κ3) is 1.61. The van der Waals surface area contributed by atoms with Crippen LogP contribution in [0.3, 0.4) is 0 Å². The monoisotopic (exact) mass is 185 g/mol. The van der Waals surface area contributed by atoms with Crippen LogP contribution in [0.15, 0.2) is 30.6 Å². The fourth-order valence-electron chi connectivity index (χ4n) is 1.27. The van der Waals surface area contributed by atoms with Crippen molar-refractivity contribution in [1.82, 2.24) is 9.38 Å². The highest BCUT2D eigenvalue weighted by Crippen LogP contribution is 2.03. The van der Waals surface area contributed by atoms with Crippen molar-refractivity contribution in [3.8, 4) is 11.8 Å². The zero-order chi connectivity index (χ0) is 9.80. The molecule has 0 fully saturated rings. The maximum Gasteiger partial charge on any atom is 0.137 e. The number of aromatic nitrogens is 2. The lowest BCUT2D eigenvalue weighted by atomic mass is 10.3. The smallest absolute Gasteiger partial charge is 0.137 e. The third-order valence-corrected chi connectivity index (χ3v) is 1.91. The Hall–Kier alpha value is -1.79. The first-order valence-corrected chi connectivity index (χ1v) is 4.53. The molecule has 70 valence electrons. The summed E-state index contributed by atoms with van der Waals surface area (Å²) in [6.07, 6.45) is 4.40. The number of hydrogen-bond donors (Lipinski definition) is 1. The first-order valence-electron chi connectivity index (χ1n) is 4.53. The number of imidazole rings is 1. The van der Waals surface area contributed by atoms with Crippen LogP contribution in [-0.4, -0.2) is 15.9 Å². The molecule has 2 N–H and O–H groups in total. The number of nitrogens with two attached hydrogens (primary N) is 1. The summed E-state index contributed by atoms with van der Waals surface area (Å²) in [4.78, 5) is 4.18. The van der Waals surface area contributed by atoms with Crippen LogP contribution in [0.1, 0.15) is 12.1 Å². The minimum atomic E-state index is 0.604. The molecule has 0 amide bonds. The van der Waals surface area contributed by atoms with Crippen LogP contribution in [0, 0.1) is 11.8 Å². The van der Waals surface area contributed by atoms with E-state index < -0.39 is 0 Å². The van der Waals surface area contributed by atoms with E-state index in [2.05, 4.69) is 16.8 Å².